The molecule has 2 aliphatic rings. The van der Waals surface area contributed by atoms with Crippen molar-refractivity contribution >= 4 is 23.2 Å². The fraction of sp³-hybridized carbons (Fsp3) is 0.0870. The van der Waals surface area contributed by atoms with Gasteiger partial charge in [-0.25, -0.2) is 0 Å². The molecule has 0 aromatic heterocycles. The first-order valence-corrected chi connectivity index (χ1v) is 9.26. The van der Waals surface area contributed by atoms with Gasteiger partial charge in [0.15, 0.2) is 12.3 Å². The van der Waals surface area contributed by atoms with E-state index in [1.54, 1.807) is 66.7 Å². The van der Waals surface area contributed by atoms with Crippen LogP contribution < -0.4 is 15.0 Å². The number of aliphatic hydroxyl groups is 1. The molecule has 2 aliphatic heterocycles. The zero-order valence-corrected chi connectivity index (χ0v) is 15.6. The largest absolute Gasteiger partial charge is 0.482 e. The van der Waals surface area contributed by atoms with E-state index in [9.17, 15) is 20.0 Å². The van der Waals surface area contributed by atoms with Crippen molar-refractivity contribution in [2.75, 3.05) is 16.8 Å². The molecule has 0 bridgehead atoms. The van der Waals surface area contributed by atoms with Gasteiger partial charge in [-0.1, -0.05) is 24.3 Å². The molecule has 1 unspecified atom stereocenters. The van der Waals surface area contributed by atoms with Crippen molar-refractivity contribution in [1.29, 1.82) is 5.26 Å². The van der Waals surface area contributed by atoms with Gasteiger partial charge in [0.25, 0.3) is 11.8 Å². The highest BCUT2D eigenvalue weighted by atomic mass is 16.5. The average molecular weight is 397 g/mol. The zero-order chi connectivity index (χ0) is 20.9. The molecule has 0 fully saturated rings. The van der Waals surface area contributed by atoms with E-state index in [0.29, 0.717) is 39.4 Å². The number of fused-ring (bicyclic) bond motifs is 2. The molecular formula is C23H15N3O4. The number of anilines is 2. The zero-order valence-electron chi connectivity index (χ0n) is 15.6. The number of amides is 2. The summed E-state index contributed by atoms with van der Waals surface area (Å²) in [6, 6.07) is 20.3. The van der Waals surface area contributed by atoms with Gasteiger partial charge in [0.1, 0.15) is 5.75 Å². The van der Waals surface area contributed by atoms with E-state index >= 15 is 0 Å². The Morgan fingerprint density at radius 3 is 2.73 bits per heavy atom. The molecule has 30 heavy (non-hydrogen) atoms. The summed E-state index contributed by atoms with van der Waals surface area (Å²) in [5.74, 6) is -0.202. The summed E-state index contributed by atoms with van der Waals surface area (Å²) in [5, 5.41) is 24.0. The third kappa shape index (κ3) is 2.48. The second kappa shape index (κ2) is 6.44. The number of carbonyl (C=O) groups excluding carboxylic acids is 2. The summed E-state index contributed by atoms with van der Waals surface area (Å²) in [6.07, 6.45) is 0. The molecule has 5 rings (SSSR count). The monoisotopic (exact) mass is 397 g/mol. The van der Waals surface area contributed by atoms with Crippen LogP contribution in [-0.2, 0) is 10.5 Å². The highest BCUT2D eigenvalue weighted by Crippen LogP contribution is 2.46. The molecule has 7 heteroatoms. The number of hydrogen-bond donors (Lipinski definition) is 2. The highest BCUT2D eigenvalue weighted by molar-refractivity contribution is 6.12. The van der Waals surface area contributed by atoms with E-state index in [-0.39, 0.29) is 18.4 Å². The van der Waals surface area contributed by atoms with Crippen molar-refractivity contribution in [2.24, 2.45) is 0 Å². The van der Waals surface area contributed by atoms with Gasteiger partial charge in [-0.15, -0.1) is 0 Å². The van der Waals surface area contributed by atoms with E-state index in [1.165, 1.54) is 4.90 Å². The van der Waals surface area contributed by atoms with E-state index in [0.717, 1.165) is 0 Å². The SMILES string of the molecule is N#Cc1cccc(N2C(=O)c3ccccc3C2(O)c2ccc3c(c2)NC(=O)CO3)c1. The van der Waals surface area contributed by atoms with E-state index in [4.69, 9.17) is 4.74 Å². The van der Waals surface area contributed by atoms with Crippen molar-refractivity contribution in [2.45, 2.75) is 5.72 Å². The number of nitrogens with zero attached hydrogens (tertiary/aromatic N) is 2. The van der Waals surface area contributed by atoms with Crippen LogP contribution in [0.1, 0.15) is 27.0 Å². The van der Waals surface area contributed by atoms with Crippen LogP contribution >= 0.6 is 0 Å². The number of benzene rings is 3. The Kier molecular flexibility index (Phi) is 3.85. The summed E-state index contributed by atoms with van der Waals surface area (Å²) in [6.45, 7) is -0.0784. The number of carbonyl (C=O) groups is 2. The Hall–Kier alpha value is -4.15. The predicted molar refractivity (Wildman–Crippen MR) is 108 cm³/mol. The predicted octanol–water partition coefficient (Wildman–Crippen LogP) is 2.74. The number of hydrogen-bond acceptors (Lipinski definition) is 5. The van der Waals surface area contributed by atoms with Crippen molar-refractivity contribution < 1.29 is 19.4 Å². The number of ether oxygens (including phenoxy) is 1. The molecule has 2 amide bonds. The summed E-state index contributed by atoms with van der Waals surface area (Å²) >= 11 is 0. The van der Waals surface area contributed by atoms with Gasteiger partial charge in [-0.2, -0.15) is 5.26 Å². The van der Waals surface area contributed by atoms with Crippen LogP contribution in [0, 0.1) is 11.3 Å². The Labute approximate surface area is 171 Å². The summed E-state index contributed by atoms with van der Waals surface area (Å²) in [4.78, 5) is 26.3. The molecule has 2 N–H and O–H groups in total. The first-order chi connectivity index (χ1) is 14.5. The normalized spacial score (nSPS) is 19.4. The standard InChI is InChI=1S/C23H15N3O4/c24-12-14-4-3-5-16(10-14)26-22(28)17-6-1-2-7-18(17)23(26,29)15-8-9-20-19(11-15)25-21(27)13-30-20/h1-11,29H,13H2,(H,25,27). The van der Waals surface area contributed by atoms with Crippen LogP contribution in [0.2, 0.25) is 0 Å². The topological polar surface area (TPSA) is 103 Å². The first-order valence-electron chi connectivity index (χ1n) is 9.26. The fourth-order valence-corrected chi connectivity index (χ4v) is 3.96. The van der Waals surface area contributed by atoms with Crippen LogP contribution in [-0.4, -0.2) is 23.5 Å². The molecule has 0 radical (unpaired) electrons. The highest BCUT2D eigenvalue weighted by Gasteiger charge is 2.51. The maximum atomic E-state index is 13.3. The van der Waals surface area contributed by atoms with E-state index < -0.39 is 5.72 Å². The third-order valence-electron chi connectivity index (χ3n) is 5.31. The van der Waals surface area contributed by atoms with E-state index in [2.05, 4.69) is 11.4 Å². The van der Waals surface area contributed by atoms with Gasteiger partial charge < -0.3 is 15.2 Å². The average Bonchev–Trinajstić information content (AvgIpc) is 3.01. The van der Waals surface area contributed by atoms with Gasteiger partial charge >= 0.3 is 0 Å². The van der Waals surface area contributed by atoms with Gasteiger partial charge in [0.2, 0.25) is 0 Å². The lowest BCUT2D eigenvalue weighted by molar-refractivity contribution is -0.118. The molecule has 0 aliphatic carbocycles. The molecule has 3 aromatic carbocycles. The molecule has 2 heterocycles. The number of nitrogens with one attached hydrogen (secondary N) is 1. The van der Waals surface area contributed by atoms with Crippen molar-refractivity contribution in [3.8, 4) is 11.8 Å². The van der Waals surface area contributed by atoms with Gasteiger partial charge in [0.05, 0.1) is 17.3 Å². The molecule has 0 spiro atoms. The Bertz CT molecular complexity index is 1260. The maximum Gasteiger partial charge on any atom is 0.262 e. The molecule has 7 nitrogen and oxygen atoms in total. The number of nitriles is 1. The lowest BCUT2D eigenvalue weighted by atomic mass is 9.92. The molecule has 0 saturated heterocycles. The summed E-state index contributed by atoms with van der Waals surface area (Å²) in [5.41, 5.74) is 0.493. The molecule has 3 aromatic rings. The summed E-state index contributed by atoms with van der Waals surface area (Å²) < 4.78 is 5.41. The van der Waals surface area contributed by atoms with Gasteiger partial charge in [-0.05, 0) is 42.5 Å². The minimum atomic E-state index is -1.83. The van der Waals surface area contributed by atoms with Crippen LogP contribution in [0.15, 0.2) is 66.7 Å². The minimum absolute atomic E-state index is 0.0784. The van der Waals surface area contributed by atoms with Crippen LogP contribution in [0.25, 0.3) is 0 Å². The first kappa shape index (κ1) is 17.9. The molecule has 0 saturated carbocycles. The maximum absolute atomic E-state index is 13.3. The minimum Gasteiger partial charge on any atom is -0.482 e. The third-order valence-corrected chi connectivity index (χ3v) is 5.31. The molecular weight excluding hydrogens is 382 g/mol. The Morgan fingerprint density at radius 2 is 1.90 bits per heavy atom. The second-order valence-electron chi connectivity index (χ2n) is 7.07. The van der Waals surface area contributed by atoms with E-state index in [1.807, 2.05) is 0 Å². The summed E-state index contributed by atoms with van der Waals surface area (Å²) in [7, 11) is 0. The Balaban J connectivity index is 1.74. The number of rotatable bonds is 2. The molecule has 1 atom stereocenters. The second-order valence-corrected chi connectivity index (χ2v) is 7.07. The van der Waals surface area contributed by atoms with Gasteiger partial charge in [-0.3, -0.25) is 14.5 Å². The molecule has 146 valence electrons. The van der Waals surface area contributed by atoms with Crippen LogP contribution in [0.3, 0.4) is 0 Å². The van der Waals surface area contributed by atoms with Crippen molar-refractivity contribution in [3.63, 3.8) is 0 Å². The van der Waals surface area contributed by atoms with Gasteiger partial charge in [0, 0.05) is 22.4 Å². The smallest absolute Gasteiger partial charge is 0.262 e. The van der Waals surface area contributed by atoms with Crippen LogP contribution in [0.5, 0.6) is 5.75 Å². The van der Waals surface area contributed by atoms with Crippen molar-refractivity contribution in [1.82, 2.24) is 0 Å². The lowest BCUT2D eigenvalue weighted by Gasteiger charge is -2.35. The Morgan fingerprint density at radius 1 is 1.07 bits per heavy atom. The van der Waals surface area contributed by atoms with Crippen molar-refractivity contribution in [3.05, 3.63) is 89.0 Å². The quantitative estimate of drug-likeness (QED) is 0.692. The fourth-order valence-electron chi connectivity index (χ4n) is 3.96. The lowest BCUT2D eigenvalue weighted by Crippen LogP contribution is -2.45. The van der Waals surface area contributed by atoms with Crippen LogP contribution in [0.4, 0.5) is 11.4 Å².